The van der Waals surface area contributed by atoms with Crippen LogP contribution >= 0.6 is 15.9 Å². The predicted octanol–water partition coefficient (Wildman–Crippen LogP) is 2.98. The summed E-state index contributed by atoms with van der Waals surface area (Å²) in [5.41, 5.74) is 1.91. The second-order valence-corrected chi connectivity index (χ2v) is 4.96. The third-order valence-corrected chi connectivity index (χ3v) is 3.33. The van der Waals surface area contributed by atoms with Crippen molar-refractivity contribution in [3.63, 3.8) is 0 Å². The van der Waals surface area contributed by atoms with E-state index in [-0.39, 0.29) is 5.56 Å². The number of hydrogen-bond donors (Lipinski definition) is 0. The van der Waals surface area contributed by atoms with E-state index in [1.807, 2.05) is 31.2 Å². The topological polar surface area (TPSA) is 31.2 Å². The van der Waals surface area contributed by atoms with E-state index in [2.05, 4.69) is 15.9 Å². The molecule has 3 nitrogen and oxygen atoms in total. The van der Waals surface area contributed by atoms with Crippen molar-refractivity contribution in [1.29, 1.82) is 0 Å². The van der Waals surface area contributed by atoms with Gasteiger partial charge in [-0.15, -0.1) is 0 Å². The molecule has 0 N–H and O–H groups in total. The SMILES string of the molecule is COc1ccc(Br)cc1Cn1c(C)cccc1=O. The molecular formula is C14H14BrNO2. The van der Waals surface area contributed by atoms with Crippen LogP contribution in [-0.2, 0) is 6.54 Å². The van der Waals surface area contributed by atoms with Crippen LogP contribution in [0, 0.1) is 6.92 Å². The second kappa shape index (κ2) is 5.40. The van der Waals surface area contributed by atoms with Crippen LogP contribution < -0.4 is 10.3 Å². The average Bonchev–Trinajstić information content (AvgIpc) is 2.34. The Kier molecular flexibility index (Phi) is 3.87. The first-order chi connectivity index (χ1) is 8.61. The molecule has 18 heavy (non-hydrogen) atoms. The van der Waals surface area contributed by atoms with Crippen LogP contribution in [0.1, 0.15) is 11.3 Å². The van der Waals surface area contributed by atoms with E-state index in [0.717, 1.165) is 21.5 Å². The Balaban J connectivity index is 2.46. The van der Waals surface area contributed by atoms with Crippen molar-refractivity contribution in [3.8, 4) is 5.75 Å². The lowest BCUT2D eigenvalue weighted by Gasteiger charge is -2.13. The minimum Gasteiger partial charge on any atom is -0.496 e. The number of pyridine rings is 1. The van der Waals surface area contributed by atoms with Crippen LogP contribution in [0.2, 0.25) is 0 Å². The minimum absolute atomic E-state index is 0.00275. The van der Waals surface area contributed by atoms with Crippen molar-refractivity contribution >= 4 is 15.9 Å². The van der Waals surface area contributed by atoms with Crippen molar-refractivity contribution in [3.05, 3.63) is 62.5 Å². The maximum Gasteiger partial charge on any atom is 0.251 e. The molecule has 0 bridgehead atoms. The van der Waals surface area contributed by atoms with Gasteiger partial charge >= 0.3 is 0 Å². The fourth-order valence-electron chi connectivity index (χ4n) is 1.87. The number of methoxy groups -OCH3 is 1. The number of ether oxygens (including phenoxy) is 1. The Bertz CT molecular complexity index is 619. The number of nitrogens with zero attached hydrogens (tertiary/aromatic N) is 1. The highest BCUT2D eigenvalue weighted by Crippen LogP contribution is 2.23. The normalized spacial score (nSPS) is 10.4. The maximum absolute atomic E-state index is 11.8. The molecule has 0 saturated carbocycles. The second-order valence-electron chi connectivity index (χ2n) is 4.05. The third kappa shape index (κ3) is 2.64. The summed E-state index contributed by atoms with van der Waals surface area (Å²) in [6, 6.07) is 11.0. The van der Waals surface area contributed by atoms with E-state index >= 15 is 0 Å². The van der Waals surface area contributed by atoms with E-state index in [0.29, 0.717) is 6.54 Å². The van der Waals surface area contributed by atoms with Gasteiger partial charge in [0.2, 0.25) is 0 Å². The molecule has 1 aromatic heterocycles. The van der Waals surface area contributed by atoms with E-state index in [4.69, 9.17) is 4.74 Å². The van der Waals surface area contributed by atoms with Gasteiger partial charge < -0.3 is 9.30 Å². The monoisotopic (exact) mass is 307 g/mol. The maximum atomic E-state index is 11.8. The molecular weight excluding hydrogens is 294 g/mol. The van der Waals surface area contributed by atoms with Crippen molar-refractivity contribution in [2.45, 2.75) is 13.5 Å². The van der Waals surface area contributed by atoms with Gasteiger partial charge in [0.15, 0.2) is 0 Å². The first kappa shape index (κ1) is 12.9. The molecule has 1 heterocycles. The quantitative estimate of drug-likeness (QED) is 0.873. The molecule has 0 spiro atoms. The zero-order chi connectivity index (χ0) is 13.1. The molecule has 0 aliphatic rings. The number of aromatic nitrogens is 1. The van der Waals surface area contributed by atoms with Gasteiger partial charge in [-0.25, -0.2) is 0 Å². The summed E-state index contributed by atoms with van der Waals surface area (Å²) in [6.45, 7) is 2.43. The molecule has 0 amide bonds. The smallest absolute Gasteiger partial charge is 0.251 e. The Hall–Kier alpha value is -1.55. The molecule has 1 aromatic carbocycles. The first-order valence-electron chi connectivity index (χ1n) is 5.60. The van der Waals surface area contributed by atoms with Gasteiger partial charge in [-0.3, -0.25) is 4.79 Å². The molecule has 0 unspecified atom stereocenters. The van der Waals surface area contributed by atoms with E-state index in [1.165, 1.54) is 0 Å². The van der Waals surface area contributed by atoms with Gasteiger partial charge in [0.1, 0.15) is 5.75 Å². The Morgan fingerprint density at radius 3 is 2.72 bits per heavy atom. The molecule has 2 rings (SSSR count). The summed E-state index contributed by atoms with van der Waals surface area (Å²) in [5.74, 6) is 0.786. The van der Waals surface area contributed by atoms with Crippen LogP contribution in [-0.4, -0.2) is 11.7 Å². The lowest BCUT2D eigenvalue weighted by Crippen LogP contribution is -2.21. The first-order valence-corrected chi connectivity index (χ1v) is 6.40. The van der Waals surface area contributed by atoms with E-state index in [1.54, 1.807) is 23.8 Å². The number of benzene rings is 1. The molecule has 0 saturated heterocycles. The summed E-state index contributed by atoms with van der Waals surface area (Å²) < 4.78 is 8.01. The van der Waals surface area contributed by atoms with E-state index < -0.39 is 0 Å². The lowest BCUT2D eigenvalue weighted by molar-refractivity contribution is 0.408. The highest BCUT2D eigenvalue weighted by Gasteiger charge is 2.07. The standard InChI is InChI=1S/C14H14BrNO2/c1-10-4-3-5-14(17)16(10)9-11-8-12(15)6-7-13(11)18-2/h3-8H,9H2,1-2H3. The number of halogens is 1. The summed E-state index contributed by atoms with van der Waals surface area (Å²) in [7, 11) is 1.63. The van der Waals surface area contributed by atoms with Crippen molar-refractivity contribution < 1.29 is 4.74 Å². The van der Waals surface area contributed by atoms with Crippen molar-refractivity contribution in [1.82, 2.24) is 4.57 Å². The fourth-order valence-corrected chi connectivity index (χ4v) is 2.28. The van der Waals surface area contributed by atoms with Crippen LogP contribution in [0.25, 0.3) is 0 Å². The van der Waals surface area contributed by atoms with Gasteiger partial charge in [-0.05, 0) is 31.2 Å². The molecule has 94 valence electrons. The molecule has 0 atom stereocenters. The van der Waals surface area contributed by atoms with Crippen molar-refractivity contribution in [2.75, 3.05) is 7.11 Å². The lowest BCUT2D eigenvalue weighted by atomic mass is 10.2. The third-order valence-electron chi connectivity index (χ3n) is 2.84. The molecule has 4 heteroatoms. The van der Waals surface area contributed by atoms with Gasteiger partial charge in [-0.2, -0.15) is 0 Å². The van der Waals surface area contributed by atoms with Crippen LogP contribution in [0.4, 0.5) is 0 Å². The summed E-state index contributed by atoms with van der Waals surface area (Å²) in [5, 5.41) is 0. The van der Waals surface area contributed by atoms with Gasteiger partial charge in [0, 0.05) is 21.8 Å². The van der Waals surface area contributed by atoms with Crippen molar-refractivity contribution in [2.24, 2.45) is 0 Å². The van der Waals surface area contributed by atoms with Gasteiger partial charge in [0.05, 0.1) is 13.7 Å². The highest BCUT2D eigenvalue weighted by atomic mass is 79.9. The molecule has 0 fully saturated rings. The summed E-state index contributed by atoms with van der Waals surface area (Å²) >= 11 is 3.43. The van der Waals surface area contributed by atoms with Crippen LogP contribution in [0.15, 0.2) is 45.7 Å². The van der Waals surface area contributed by atoms with Gasteiger partial charge in [-0.1, -0.05) is 22.0 Å². The number of rotatable bonds is 3. The Morgan fingerprint density at radius 1 is 1.28 bits per heavy atom. The number of aryl methyl sites for hydroxylation is 1. The fraction of sp³-hybridized carbons (Fsp3) is 0.214. The largest absolute Gasteiger partial charge is 0.496 e. The van der Waals surface area contributed by atoms with Crippen LogP contribution in [0.5, 0.6) is 5.75 Å². The molecule has 2 aromatic rings. The Morgan fingerprint density at radius 2 is 2.06 bits per heavy atom. The summed E-state index contributed by atoms with van der Waals surface area (Å²) in [4.78, 5) is 11.8. The van der Waals surface area contributed by atoms with Gasteiger partial charge in [0.25, 0.3) is 5.56 Å². The van der Waals surface area contributed by atoms with E-state index in [9.17, 15) is 4.79 Å². The number of hydrogen-bond acceptors (Lipinski definition) is 2. The average molecular weight is 308 g/mol. The highest BCUT2D eigenvalue weighted by molar-refractivity contribution is 9.10. The molecule has 0 aliphatic heterocycles. The van der Waals surface area contributed by atoms with Crippen LogP contribution in [0.3, 0.4) is 0 Å². The molecule has 0 aliphatic carbocycles. The molecule has 0 radical (unpaired) electrons. The predicted molar refractivity (Wildman–Crippen MR) is 75.2 cm³/mol. The zero-order valence-electron chi connectivity index (χ0n) is 10.3. The Labute approximate surface area is 114 Å². The summed E-state index contributed by atoms with van der Waals surface area (Å²) in [6.07, 6.45) is 0. The minimum atomic E-state index is -0.00275. The zero-order valence-corrected chi connectivity index (χ0v) is 11.9.